The van der Waals surface area contributed by atoms with Crippen LogP contribution in [0.3, 0.4) is 0 Å². The van der Waals surface area contributed by atoms with Gasteiger partial charge in [0.25, 0.3) is 0 Å². The Morgan fingerprint density at radius 2 is 2.20 bits per heavy atom. The maximum atomic E-state index is 9.15. The largest absolute Gasteiger partial charge is 0.496 e. The number of fused-ring (bicyclic) bond motifs is 1. The van der Waals surface area contributed by atoms with Gasteiger partial charge in [0, 0.05) is 0 Å². The van der Waals surface area contributed by atoms with Crippen LogP contribution in [0, 0.1) is 0 Å². The predicted octanol–water partition coefficient (Wildman–Crippen LogP) is 1.03. The van der Waals surface area contributed by atoms with E-state index in [1.807, 2.05) is 18.2 Å². The van der Waals surface area contributed by atoms with E-state index in [-0.39, 0.29) is 5.82 Å². The quantitative estimate of drug-likeness (QED) is 0.710. The summed E-state index contributed by atoms with van der Waals surface area (Å²) in [7, 11) is 0.465. The Hall–Kier alpha value is -0.995. The van der Waals surface area contributed by atoms with Crippen LogP contribution in [0.1, 0.15) is 17.5 Å². The van der Waals surface area contributed by atoms with E-state index in [0.717, 1.165) is 25.0 Å². The highest BCUT2D eigenvalue weighted by Gasteiger charge is 2.28. The summed E-state index contributed by atoms with van der Waals surface area (Å²) in [5, 5.41) is 18.3. The molecule has 0 amide bonds. The molecule has 0 saturated heterocycles. The Bertz CT molecular complexity index is 352. The lowest BCUT2D eigenvalue weighted by molar-refractivity contribution is 0.369. The lowest BCUT2D eigenvalue weighted by atomic mass is 9.64. The first-order valence-corrected chi connectivity index (χ1v) is 5.23. The SMILES string of the molecule is COc1cccc2c1CC[C@H](B(O)O)C2. The molecule has 1 aromatic carbocycles. The van der Waals surface area contributed by atoms with Gasteiger partial charge in [0.05, 0.1) is 7.11 Å². The van der Waals surface area contributed by atoms with Crippen molar-refractivity contribution in [1.82, 2.24) is 0 Å². The smallest absolute Gasteiger partial charge is 0.455 e. The Labute approximate surface area is 89.8 Å². The van der Waals surface area contributed by atoms with E-state index < -0.39 is 7.12 Å². The predicted molar refractivity (Wildman–Crippen MR) is 59.0 cm³/mol. The fourth-order valence-electron chi connectivity index (χ4n) is 2.25. The van der Waals surface area contributed by atoms with Crippen LogP contribution in [-0.2, 0) is 12.8 Å². The molecule has 0 heterocycles. The zero-order chi connectivity index (χ0) is 10.8. The monoisotopic (exact) mass is 206 g/mol. The molecule has 80 valence electrons. The molecule has 0 aromatic heterocycles. The van der Waals surface area contributed by atoms with Crippen molar-refractivity contribution >= 4 is 7.12 Å². The second-order valence-electron chi connectivity index (χ2n) is 4.01. The maximum absolute atomic E-state index is 9.15. The number of hydrogen-bond acceptors (Lipinski definition) is 3. The molecule has 15 heavy (non-hydrogen) atoms. The second kappa shape index (κ2) is 4.25. The average molecular weight is 206 g/mol. The van der Waals surface area contributed by atoms with Gasteiger partial charge in [0.15, 0.2) is 0 Å². The highest BCUT2D eigenvalue weighted by molar-refractivity contribution is 6.43. The van der Waals surface area contributed by atoms with Crippen LogP contribution in [0.4, 0.5) is 0 Å². The van der Waals surface area contributed by atoms with Crippen molar-refractivity contribution in [2.45, 2.75) is 25.1 Å². The summed E-state index contributed by atoms with van der Waals surface area (Å²) in [5.41, 5.74) is 2.40. The number of rotatable bonds is 2. The van der Waals surface area contributed by atoms with Crippen LogP contribution >= 0.6 is 0 Å². The van der Waals surface area contributed by atoms with E-state index in [1.165, 1.54) is 11.1 Å². The van der Waals surface area contributed by atoms with Gasteiger partial charge in [-0.05, 0) is 42.3 Å². The van der Waals surface area contributed by atoms with Gasteiger partial charge < -0.3 is 14.8 Å². The minimum Gasteiger partial charge on any atom is -0.496 e. The second-order valence-corrected chi connectivity index (χ2v) is 4.01. The number of methoxy groups -OCH3 is 1. The van der Waals surface area contributed by atoms with Gasteiger partial charge >= 0.3 is 7.12 Å². The Balaban J connectivity index is 2.27. The third-order valence-corrected chi connectivity index (χ3v) is 3.12. The summed E-state index contributed by atoms with van der Waals surface area (Å²) >= 11 is 0. The molecule has 4 heteroatoms. The molecule has 1 aliphatic carbocycles. The zero-order valence-corrected chi connectivity index (χ0v) is 8.81. The first-order valence-electron chi connectivity index (χ1n) is 5.23. The summed E-state index contributed by atoms with van der Waals surface area (Å²) in [6.45, 7) is 0. The molecule has 0 unspecified atom stereocenters. The van der Waals surface area contributed by atoms with Gasteiger partial charge in [-0.25, -0.2) is 0 Å². The third kappa shape index (κ3) is 2.01. The highest BCUT2D eigenvalue weighted by Crippen LogP contribution is 2.34. The van der Waals surface area contributed by atoms with E-state index in [0.29, 0.717) is 0 Å². The van der Waals surface area contributed by atoms with E-state index in [9.17, 15) is 0 Å². The standard InChI is InChI=1S/C11H15BO3/c1-15-11-4-2-3-8-7-9(12(13)14)5-6-10(8)11/h2-4,9,13-14H,5-7H2,1H3/t9-/m0/s1. The van der Waals surface area contributed by atoms with Crippen molar-refractivity contribution in [3.63, 3.8) is 0 Å². The van der Waals surface area contributed by atoms with Gasteiger partial charge in [0.1, 0.15) is 5.75 Å². The van der Waals surface area contributed by atoms with Crippen molar-refractivity contribution in [3.8, 4) is 5.75 Å². The Morgan fingerprint density at radius 3 is 2.87 bits per heavy atom. The van der Waals surface area contributed by atoms with Crippen molar-refractivity contribution in [3.05, 3.63) is 29.3 Å². The average Bonchev–Trinajstić information content (AvgIpc) is 2.27. The van der Waals surface area contributed by atoms with Crippen LogP contribution in [0.2, 0.25) is 5.82 Å². The molecule has 0 bridgehead atoms. The number of ether oxygens (including phenoxy) is 1. The van der Waals surface area contributed by atoms with Crippen LogP contribution < -0.4 is 4.74 Å². The summed E-state index contributed by atoms with van der Waals surface area (Å²) < 4.78 is 5.28. The van der Waals surface area contributed by atoms with Gasteiger partial charge in [-0.15, -0.1) is 0 Å². The topological polar surface area (TPSA) is 49.7 Å². The molecule has 2 N–H and O–H groups in total. The van der Waals surface area contributed by atoms with Crippen molar-refractivity contribution in [1.29, 1.82) is 0 Å². The zero-order valence-electron chi connectivity index (χ0n) is 8.81. The lowest BCUT2D eigenvalue weighted by Crippen LogP contribution is -2.26. The molecule has 0 radical (unpaired) electrons. The van der Waals surface area contributed by atoms with Crippen LogP contribution in [0.15, 0.2) is 18.2 Å². The van der Waals surface area contributed by atoms with Gasteiger partial charge in [-0.3, -0.25) is 0 Å². The molecule has 1 atom stereocenters. The Kier molecular flexibility index (Phi) is 2.98. The molecule has 0 aliphatic heterocycles. The molecular weight excluding hydrogens is 191 g/mol. The fraction of sp³-hybridized carbons (Fsp3) is 0.455. The number of hydrogen-bond donors (Lipinski definition) is 2. The first-order chi connectivity index (χ1) is 7.22. The molecule has 1 aromatic rings. The fourth-order valence-corrected chi connectivity index (χ4v) is 2.25. The van der Waals surface area contributed by atoms with E-state index in [1.54, 1.807) is 7.11 Å². The maximum Gasteiger partial charge on any atom is 0.455 e. The number of benzene rings is 1. The van der Waals surface area contributed by atoms with E-state index in [4.69, 9.17) is 14.8 Å². The van der Waals surface area contributed by atoms with E-state index in [2.05, 4.69) is 0 Å². The van der Waals surface area contributed by atoms with Crippen LogP contribution in [0.25, 0.3) is 0 Å². The van der Waals surface area contributed by atoms with Crippen LogP contribution in [0.5, 0.6) is 5.75 Å². The minimum absolute atomic E-state index is 0.0374. The molecule has 1 aliphatic rings. The molecule has 3 nitrogen and oxygen atoms in total. The summed E-state index contributed by atoms with van der Waals surface area (Å²) in [6, 6.07) is 5.94. The van der Waals surface area contributed by atoms with Crippen molar-refractivity contribution in [2.24, 2.45) is 0 Å². The minimum atomic E-state index is -1.20. The highest BCUT2D eigenvalue weighted by atomic mass is 16.5. The van der Waals surface area contributed by atoms with E-state index >= 15 is 0 Å². The Morgan fingerprint density at radius 1 is 1.40 bits per heavy atom. The van der Waals surface area contributed by atoms with Crippen molar-refractivity contribution < 1.29 is 14.8 Å². The summed E-state index contributed by atoms with van der Waals surface area (Å²) in [6.07, 6.45) is 2.40. The molecule has 2 rings (SSSR count). The normalized spacial score (nSPS) is 19.5. The molecule has 0 saturated carbocycles. The lowest BCUT2D eigenvalue weighted by Gasteiger charge is -2.25. The van der Waals surface area contributed by atoms with Gasteiger partial charge in [-0.1, -0.05) is 12.1 Å². The summed E-state index contributed by atoms with van der Waals surface area (Å²) in [5.74, 6) is 0.878. The first kappa shape index (κ1) is 10.5. The summed E-state index contributed by atoms with van der Waals surface area (Å²) in [4.78, 5) is 0. The molecular formula is C11H15BO3. The molecule has 0 spiro atoms. The third-order valence-electron chi connectivity index (χ3n) is 3.12. The van der Waals surface area contributed by atoms with Crippen molar-refractivity contribution in [2.75, 3.05) is 7.11 Å². The molecule has 0 fully saturated rings. The van der Waals surface area contributed by atoms with Gasteiger partial charge in [0.2, 0.25) is 0 Å². The van der Waals surface area contributed by atoms with Crippen LogP contribution in [-0.4, -0.2) is 24.3 Å². The van der Waals surface area contributed by atoms with Gasteiger partial charge in [-0.2, -0.15) is 0 Å².